The number of nitrogens with zero attached hydrogens (tertiary/aromatic N) is 1. The van der Waals surface area contributed by atoms with Gasteiger partial charge >= 0.3 is 0 Å². The highest BCUT2D eigenvalue weighted by molar-refractivity contribution is 5.95. The summed E-state index contributed by atoms with van der Waals surface area (Å²) in [7, 11) is 0. The third-order valence-electron chi connectivity index (χ3n) is 4.63. The molecule has 1 amide bonds. The molecular formula is C16H23N3O. The number of pyridine rings is 1. The molecule has 4 heteroatoms. The lowest BCUT2D eigenvalue weighted by Crippen LogP contribution is -2.38. The molecule has 0 aromatic carbocycles. The van der Waals surface area contributed by atoms with Gasteiger partial charge in [0.25, 0.3) is 5.91 Å². The summed E-state index contributed by atoms with van der Waals surface area (Å²) in [5, 5.41) is 6.43. The van der Waals surface area contributed by atoms with Gasteiger partial charge in [0.2, 0.25) is 0 Å². The number of carbonyl (C=O) groups excluding carboxylic acids is 1. The minimum atomic E-state index is 0.0458. The van der Waals surface area contributed by atoms with E-state index >= 15 is 0 Å². The molecule has 1 aromatic rings. The van der Waals surface area contributed by atoms with Crippen molar-refractivity contribution in [3.05, 3.63) is 23.9 Å². The van der Waals surface area contributed by atoms with Gasteiger partial charge in [0.05, 0.1) is 0 Å². The second-order valence-electron chi connectivity index (χ2n) is 6.11. The van der Waals surface area contributed by atoms with Gasteiger partial charge in [0.15, 0.2) is 0 Å². The van der Waals surface area contributed by atoms with Gasteiger partial charge in [-0.2, -0.15) is 0 Å². The number of nitrogens with one attached hydrogen (secondary N) is 2. The van der Waals surface area contributed by atoms with Gasteiger partial charge in [-0.3, -0.25) is 4.79 Å². The molecule has 3 atom stereocenters. The molecule has 2 bridgehead atoms. The van der Waals surface area contributed by atoms with E-state index in [4.69, 9.17) is 0 Å². The third kappa shape index (κ3) is 2.79. The Morgan fingerprint density at radius 2 is 2.30 bits per heavy atom. The summed E-state index contributed by atoms with van der Waals surface area (Å²) in [5.41, 5.74) is 0.710. The first-order valence-corrected chi connectivity index (χ1v) is 7.77. The fourth-order valence-corrected chi connectivity index (χ4v) is 3.59. The zero-order chi connectivity index (χ0) is 13.9. The maximum absolute atomic E-state index is 12.3. The topological polar surface area (TPSA) is 54.0 Å². The van der Waals surface area contributed by atoms with E-state index in [1.165, 1.54) is 25.7 Å². The van der Waals surface area contributed by atoms with E-state index in [1.54, 1.807) is 12.3 Å². The molecule has 108 valence electrons. The lowest BCUT2D eigenvalue weighted by atomic mass is 9.95. The summed E-state index contributed by atoms with van der Waals surface area (Å²) in [6.07, 6.45) is 7.87. The molecule has 0 aliphatic heterocycles. The third-order valence-corrected chi connectivity index (χ3v) is 4.63. The van der Waals surface area contributed by atoms with Crippen LogP contribution in [0.2, 0.25) is 0 Å². The SMILES string of the molecule is CCCNc1cc(C(=O)NC2CC3CCC2C3)ccn1. The van der Waals surface area contributed by atoms with E-state index in [-0.39, 0.29) is 5.91 Å². The first kappa shape index (κ1) is 13.4. The van der Waals surface area contributed by atoms with E-state index < -0.39 is 0 Å². The standard InChI is InChI=1S/C16H23N3O/c1-2-6-17-15-10-13(5-7-18-15)16(20)19-14-9-11-3-4-12(14)8-11/h5,7,10-12,14H,2-4,6,8-9H2,1H3,(H,17,18)(H,19,20). The van der Waals surface area contributed by atoms with Gasteiger partial charge in [-0.25, -0.2) is 4.98 Å². The molecule has 0 saturated heterocycles. The van der Waals surface area contributed by atoms with Crippen molar-refractivity contribution in [2.24, 2.45) is 11.8 Å². The normalized spacial score (nSPS) is 27.6. The van der Waals surface area contributed by atoms with Crippen molar-refractivity contribution in [3.8, 4) is 0 Å². The van der Waals surface area contributed by atoms with Gasteiger partial charge in [0.1, 0.15) is 5.82 Å². The molecule has 0 radical (unpaired) electrons. The van der Waals surface area contributed by atoms with Crippen molar-refractivity contribution >= 4 is 11.7 Å². The van der Waals surface area contributed by atoms with Crippen LogP contribution in [0.25, 0.3) is 0 Å². The Labute approximate surface area is 120 Å². The Bertz CT molecular complexity index is 488. The van der Waals surface area contributed by atoms with E-state index in [0.717, 1.165) is 24.7 Å². The van der Waals surface area contributed by atoms with Crippen LogP contribution in [0, 0.1) is 11.8 Å². The molecule has 2 aliphatic carbocycles. The van der Waals surface area contributed by atoms with Gasteiger partial charge in [-0.05, 0) is 49.7 Å². The van der Waals surface area contributed by atoms with Gasteiger partial charge in [-0.15, -0.1) is 0 Å². The number of anilines is 1. The number of amides is 1. The molecule has 1 heterocycles. The summed E-state index contributed by atoms with van der Waals surface area (Å²) in [6, 6.07) is 4.03. The summed E-state index contributed by atoms with van der Waals surface area (Å²) in [6.45, 7) is 2.99. The van der Waals surface area contributed by atoms with Crippen molar-refractivity contribution in [2.75, 3.05) is 11.9 Å². The molecule has 1 aromatic heterocycles. The van der Waals surface area contributed by atoms with E-state index in [9.17, 15) is 4.79 Å². The average Bonchev–Trinajstić information content (AvgIpc) is 3.08. The zero-order valence-electron chi connectivity index (χ0n) is 12.1. The van der Waals surface area contributed by atoms with E-state index in [1.807, 2.05) is 6.07 Å². The van der Waals surface area contributed by atoms with Gasteiger partial charge < -0.3 is 10.6 Å². The van der Waals surface area contributed by atoms with E-state index in [0.29, 0.717) is 17.5 Å². The first-order valence-electron chi connectivity index (χ1n) is 7.77. The molecular weight excluding hydrogens is 250 g/mol. The Morgan fingerprint density at radius 1 is 1.40 bits per heavy atom. The van der Waals surface area contributed by atoms with Crippen LogP contribution in [0.15, 0.2) is 18.3 Å². The fourth-order valence-electron chi connectivity index (χ4n) is 3.59. The van der Waals surface area contributed by atoms with Crippen LogP contribution >= 0.6 is 0 Å². The highest BCUT2D eigenvalue weighted by Crippen LogP contribution is 2.44. The van der Waals surface area contributed by atoms with Crippen LogP contribution in [-0.4, -0.2) is 23.5 Å². The van der Waals surface area contributed by atoms with Gasteiger partial charge in [-0.1, -0.05) is 13.3 Å². The Morgan fingerprint density at radius 3 is 3.00 bits per heavy atom. The number of hydrogen-bond donors (Lipinski definition) is 2. The summed E-state index contributed by atoms with van der Waals surface area (Å²) >= 11 is 0. The van der Waals surface area contributed by atoms with Crippen molar-refractivity contribution in [3.63, 3.8) is 0 Å². The van der Waals surface area contributed by atoms with Crippen molar-refractivity contribution < 1.29 is 4.79 Å². The van der Waals surface area contributed by atoms with Crippen molar-refractivity contribution in [2.45, 2.75) is 45.1 Å². The van der Waals surface area contributed by atoms with Gasteiger partial charge in [0, 0.05) is 24.3 Å². The van der Waals surface area contributed by atoms with Crippen molar-refractivity contribution in [1.29, 1.82) is 0 Å². The number of rotatable bonds is 5. The number of fused-ring (bicyclic) bond motifs is 2. The fraction of sp³-hybridized carbons (Fsp3) is 0.625. The molecule has 2 N–H and O–H groups in total. The van der Waals surface area contributed by atoms with E-state index in [2.05, 4.69) is 22.5 Å². The zero-order valence-corrected chi connectivity index (χ0v) is 12.1. The van der Waals surface area contributed by atoms with Crippen LogP contribution in [-0.2, 0) is 0 Å². The van der Waals surface area contributed by atoms with Crippen LogP contribution < -0.4 is 10.6 Å². The highest BCUT2D eigenvalue weighted by atomic mass is 16.1. The largest absolute Gasteiger partial charge is 0.370 e. The van der Waals surface area contributed by atoms with Crippen LogP contribution in [0.5, 0.6) is 0 Å². The molecule has 2 aliphatic rings. The summed E-state index contributed by atoms with van der Waals surface area (Å²) in [5.74, 6) is 2.39. The second kappa shape index (κ2) is 5.81. The summed E-state index contributed by atoms with van der Waals surface area (Å²) < 4.78 is 0. The first-order chi connectivity index (χ1) is 9.76. The molecule has 20 heavy (non-hydrogen) atoms. The average molecular weight is 273 g/mol. The second-order valence-corrected chi connectivity index (χ2v) is 6.11. The maximum Gasteiger partial charge on any atom is 0.251 e. The lowest BCUT2D eigenvalue weighted by Gasteiger charge is -2.22. The predicted molar refractivity (Wildman–Crippen MR) is 79.7 cm³/mol. The van der Waals surface area contributed by atoms with Crippen LogP contribution in [0.3, 0.4) is 0 Å². The minimum absolute atomic E-state index is 0.0458. The Balaban J connectivity index is 1.62. The monoisotopic (exact) mass is 273 g/mol. The lowest BCUT2D eigenvalue weighted by molar-refractivity contribution is 0.0923. The molecule has 0 spiro atoms. The Kier molecular flexibility index (Phi) is 3.90. The number of hydrogen-bond acceptors (Lipinski definition) is 3. The smallest absolute Gasteiger partial charge is 0.251 e. The maximum atomic E-state index is 12.3. The highest BCUT2D eigenvalue weighted by Gasteiger charge is 2.40. The minimum Gasteiger partial charge on any atom is -0.370 e. The predicted octanol–water partition coefficient (Wildman–Crippen LogP) is 2.82. The molecule has 4 nitrogen and oxygen atoms in total. The quantitative estimate of drug-likeness (QED) is 0.867. The summed E-state index contributed by atoms with van der Waals surface area (Å²) in [4.78, 5) is 16.6. The van der Waals surface area contributed by atoms with Crippen molar-refractivity contribution in [1.82, 2.24) is 10.3 Å². The molecule has 3 rings (SSSR count). The molecule has 3 unspecified atom stereocenters. The van der Waals surface area contributed by atoms with Crippen LogP contribution in [0.1, 0.15) is 49.4 Å². The Hall–Kier alpha value is -1.58. The molecule has 2 fully saturated rings. The number of aromatic nitrogens is 1. The number of carbonyl (C=O) groups is 1. The molecule has 2 saturated carbocycles. The van der Waals surface area contributed by atoms with Crippen LogP contribution in [0.4, 0.5) is 5.82 Å².